The van der Waals surface area contributed by atoms with Crippen LogP contribution in [0.25, 0.3) is 5.69 Å². The molecule has 3 N–H and O–H groups in total. The minimum Gasteiger partial charge on any atom is -0.495 e. The first-order valence-electron chi connectivity index (χ1n) is 10.7. The van der Waals surface area contributed by atoms with E-state index in [4.69, 9.17) is 17.0 Å². The van der Waals surface area contributed by atoms with Crippen LogP contribution >= 0.6 is 12.2 Å². The Hall–Kier alpha value is -3.23. The highest BCUT2D eigenvalue weighted by Crippen LogP contribution is 2.26. The van der Waals surface area contributed by atoms with Crippen molar-refractivity contribution in [2.75, 3.05) is 20.2 Å². The largest absolute Gasteiger partial charge is 0.495 e. The predicted octanol–water partition coefficient (Wildman–Crippen LogP) is 2.28. The standard InChI is InChI=1S/C24H26N4O3S/c1-31-21-10-6-5-9-20(21)28-23(30)19(22(29)26-24(28)32)15-25-18-11-13-27(14-12-18)16-17-7-3-2-4-8-17/h2-10,15,18,30H,11-14,16H2,1H3,(H,26,29,32)/p+1. The third-order valence-corrected chi connectivity index (χ3v) is 6.11. The molecule has 0 unspecified atom stereocenters. The fourth-order valence-corrected chi connectivity index (χ4v) is 4.37. The van der Waals surface area contributed by atoms with E-state index in [2.05, 4.69) is 34.2 Å². The maximum atomic E-state index is 12.5. The quantitative estimate of drug-likeness (QED) is 0.397. The van der Waals surface area contributed by atoms with Gasteiger partial charge in [0.1, 0.15) is 17.9 Å². The van der Waals surface area contributed by atoms with Crippen molar-refractivity contribution in [3.8, 4) is 17.3 Å². The lowest BCUT2D eigenvalue weighted by Gasteiger charge is -2.27. The van der Waals surface area contributed by atoms with Crippen LogP contribution in [-0.4, -0.2) is 47.1 Å². The maximum absolute atomic E-state index is 12.5. The van der Waals surface area contributed by atoms with Crippen LogP contribution in [0.5, 0.6) is 11.6 Å². The fourth-order valence-electron chi connectivity index (χ4n) is 4.09. The smallest absolute Gasteiger partial charge is 0.264 e. The molecule has 0 amide bonds. The molecule has 1 fully saturated rings. The first-order chi connectivity index (χ1) is 15.6. The Morgan fingerprint density at radius 1 is 1.19 bits per heavy atom. The van der Waals surface area contributed by atoms with E-state index < -0.39 is 5.56 Å². The lowest BCUT2D eigenvalue weighted by Crippen LogP contribution is -3.12. The molecular formula is C24H27N4O3S+. The SMILES string of the molecule is COc1ccccc1-n1c(O)c(C=NC2CC[NH+](Cc3ccccc3)CC2)c(=O)[nH]c1=S. The maximum Gasteiger partial charge on any atom is 0.264 e. The third-order valence-electron chi connectivity index (χ3n) is 5.82. The molecule has 0 bridgehead atoms. The van der Waals surface area contributed by atoms with Gasteiger partial charge >= 0.3 is 0 Å². The van der Waals surface area contributed by atoms with Crippen LogP contribution < -0.4 is 15.2 Å². The molecule has 0 aliphatic carbocycles. The second kappa shape index (κ2) is 9.93. The summed E-state index contributed by atoms with van der Waals surface area (Å²) < 4.78 is 6.86. The number of likely N-dealkylation sites (tertiary alicyclic amines) is 1. The lowest BCUT2D eigenvalue weighted by atomic mass is 10.0. The lowest BCUT2D eigenvalue weighted by molar-refractivity contribution is -0.918. The molecule has 1 aliphatic heterocycles. The van der Waals surface area contributed by atoms with Crippen molar-refractivity contribution in [2.24, 2.45) is 4.99 Å². The van der Waals surface area contributed by atoms with Crippen molar-refractivity contribution in [3.05, 3.63) is 80.8 Å². The Morgan fingerprint density at radius 3 is 2.59 bits per heavy atom. The normalized spacial score (nSPS) is 18.7. The van der Waals surface area contributed by atoms with Gasteiger partial charge in [0.25, 0.3) is 5.56 Å². The molecule has 7 nitrogen and oxygen atoms in total. The number of hydrogen-bond donors (Lipinski definition) is 3. The number of nitrogens with one attached hydrogen (secondary N) is 2. The Morgan fingerprint density at radius 2 is 1.88 bits per heavy atom. The molecule has 0 saturated carbocycles. The Balaban J connectivity index is 1.51. The van der Waals surface area contributed by atoms with E-state index in [1.54, 1.807) is 19.2 Å². The van der Waals surface area contributed by atoms with Gasteiger partial charge in [0.15, 0.2) is 4.77 Å². The summed E-state index contributed by atoms with van der Waals surface area (Å²) in [5.74, 6) is 0.279. The average Bonchev–Trinajstić information content (AvgIpc) is 2.81. The Bertz CT molecular complexity index is 1210. The monoisotopic (exact) mass is 451 g/mol. The Kier molecular flexibility index (Phi) is 6.82. The van der Waals surface area contributed by atoms with Crippen molar-refractivity contribution in [2.45, 2.75) is 25.4 Å². The average molecular weight is 452 g/mol. The number of H-pyrrole nitrogens is 1. The van der Waals surface area contributed by atoms with Crippen LogP contribution in [0.3, 0.4) is 0 Å². The number of ether oxygens (including phenoxy) is 1. The van der Waals surface area contributed by atoms with Gasteiger partial charge in [0.05, 0.1) is 31.9 Å². The van der Waals surface area contributed by atoms with E-state index in [9.17, 15) is 9.90 Å². The number of benzene rings is 2. The van der Waals surface area contributed by atoms with E-state index in [1.165, 1.54) is 21.2 Å². The van der Waals surface area contributed by atoms with Gasteiger partial charge in [-0.25, -0.2) is 0 Å². The van der Waals surface area contributed by atoms with Crippen molar-refractivity contribution < 1.29 is 14.7 Å². The number of nitrogens with zero attached hydrogens (tertiary/aromatic N) is 2. The molecule has 1 aliphatic rings. The molecule has 2 heterocycles. The van der Waals surface area contributed by atoms with Gasteiger partial charge in [0, 0.05) is 24.6 Å². The second-order valence-corrected chi connectivity index (χ2v) is 8.31. The summed E-state index contributed by atoms with van der Waals surface area (Å²) >= 11 is 5.30. The zero-order valence-corrected chi connectivity index (χ0v) is 18.8. The van der Waals surface area contributed by atoms with Gasteiger partial charge in [-0.05, 0) is 24.4 Å². The molecule has 0 radical (unpaired) electrons. The number of piperidine rings is 1. The molecule has 8 heteroatoms. The van der Waals surface area contributed by atoms with Crippen LogP contribution in [0.1, 0.15) is 24.0 Å². The second-order valence-electron chi connectivity index (χ2n) is 7.93. The van der Waals surface area contributed by atoms with E-state index in [0.717, 1.165) is 32.5 Å². The number of rotatable bonds is 6. The summed E-state index contributed by atoms with van der Waals surface area (Å²) in [6.45, 7) is 3.05. The highest BCUT2D eigenvalue weighted by molar-refractivity contribution is 7.71. The minimum absolute atomic E-state index is 0.0866. The number of methoxy groups -OCH3 is 1. The van der Waals surface area contributed by atoms with Gasteiger partial charge in [-0.2, -0.15) is 0 Å². The fraction of sp³-hybridized carbons (Fsp3) is 0.292. The number of hydrogen-bond acceptors (Lipinski definition) is 5. The van der Waals surface area contributed by atoms with Crippen molar-refractivity contribution >= 4 is 18.4 Å². The molecule has 0 spiro atoms. The first kappa shape index (κ1) is 22.0. The van der Waals surface area contributed by atoms with Crippen LogP contribution in [0, 0.1) is 4.77 Å². The first-order valence-corrected chi connectivity index (χ1v) is 11.1. The van der Waals surface area contributed by atoms with Gasteiger partial charge < -0.3 is 14.7 Å². The predicted molar refractivity (Wildman–Crippen MR) is 127 cm³/mol. The van der Waals surface area contributed by atoms with Crippen LogP contribution in [0.15, 0.2) is 64.4 Å². The molecule has 32 heavy (non-hydrogen) atoms. The topological polar surface area (TPSA) is 84.0 Å². The number of aliphatic imine (C=N–C) groups is 1. The molecule has 3 aromatic rings. The summed E-state index contributed by atoms with van der Waals surface area (Å²) in [7, 11) is 1.54. The van der Waals surface area contributed by atoms with E-state index in [-0.39, 0.29) is 22.3 Å². The summed E-state index contributed by atoms with van der Waals surface area (Å²) in [5.41, 5.74) is 1.50. The summed E-state index contributed by atoms with van der Waals surface area (Å²) in [5, 5.41) is 10.9. The van der Waals surface area contributed by atoms with E-state index in [1.807, 2.05) is 18.2 Å². The van der Waals surface area contributed by atoms with E-state index in [0.29, 0.717) is 11.4 Å². The number of aromatic nitrogens is 2. The highest BCUT2D eigenvalue weighted by atomic mass is 32.1. The van der Waals surface area contributed by atoms with Gasteiger partial charge in [0.2, 0.25) is 5.88 Å². The zero-order valence-electron chi connectivity index (χ0n) is 18.0. The summed E-state index contributed by atoms with van der Waals surface area (Å²) in [6.07, 6.45) is 3.34. The molecular weight excluding hydrogens is 424 g/mol. The highest BCUT2D eigenvalue weighted by Gasteiger charge is 2.22. The zero-order chi connectivity index (χ0) is 22.5. The van der Waals surface area contributed by atoms with Gasteiger partial charge in [-0.3, -0.25) is 19.3 Å². The van der Waals surface area contributed by atoms with Crippen molar-refractivity contribution in [3.63, 3.8) is 0 Å². The number of para-hydroxylation sites is 2. The molecule has 2 aromatic carbocycles. The Labute approximate surface area is 191 Å². The van der Waals surface area contributed by atoms with Gasteiger partial charge in [-0.15, -0.1) is 0 Å². The summed E-state index contributed by atoms with van der Waals surface area (Å²) in [6, 6.07) is 17.8. The van der Waals surface area contributed by atoms with Gasteiger partial charge in [-0.1, -0.05) is 42.5 Å². The number of aromatic amines is 1. The van der Waals surface area contributed by atoms with Crippen LogP contribution in [-0.2, 0) is 6.54 Å². The number of aromatic hydroxyl groups is 1. The summed E-state index contributed by atoms with van der Waals surface area (Å²) in [4.78, 5) is 21.3. The van der Waals surface area contributed by atoms with Crippen molar-refractivity contribution in [1.29, 1.82) is 0 Å². The van der Waals surface area contributed by atoms with Crippen molar-refractivity contribution in [1.82, 2.24) is 9.55 Å². The van der Waals surface area contributed by atoms with Crippen LogP contribution in [0.4, 0.5) is 0 Å². The van der Waals surface area contributed by atoms with E-state index >= 15 is 0 Å². The molecule has 1 aromatic heterocycles. The van der Waals surface area contributed by atoms with Crippen LogP contribution in [0.2, 0.25) is 0 Å². The molecule has 166 valence electrons. The molecule has 0 atom stereocenters. The third kappa shape index (κ3) is 4.81. The molecule has 1 saturated heterocycles. The molecule has 4 rings (SSSR count). The number of quaternary nitrogens is 1. The minimum atomic E-state index is -0.463.